The fraction of sp³-hybridized carbons (Fsp3) is 0.421. The largest absolute Gasteiger partial charge is 0.372 e. The number of carbonyl (C=O) groups is 2. The third-order valence-corrected chi connectivity index (χ3v) is 5.44. The van der Waals surface area contributed by atoms with Crippen LogP contribution in [0.5, 0.6) is 0 Å². The molecule has 2 aromatic rings. The Hall–Kier alpha value is -3.03. The van der Waals surface area contributed by atoms with Gasteiger partial charge >= 0.3 is 6.03 Å². The molecule has 8 nitrogen and oxygen atoms in total. The number of fused-ring (bicyclic) bond motifs is 1. The number of benzene rings is 1. The van der Waals surface area contributed by atoms with E-state index >= 15 is 0 Å². The van der Waals surface area contributed by atoms with Gasteiger partial charge in [0.1, 0.15) is 0 Å². The highest BCUT2D eigenvalue weighted by atomic mass is 16.2. The predicted octanol–water partition coefficient (Wildman–Crippen LogP) is 1.75. The van der Waals surface area contributed by atoms with Gasteiger partial charge in [0.15, 0.2) is 0 Å². The molecule has 1 aromatic heterocycles. The molecule has 3 amide bonds. The second-order valence-corrected chi connectivity index (χ2v) is 7.21. The number of aromatic nitrogens is 2. The van der Waals surface area contributed by atoms with Crippen LogP contribution >= 0.6 is 0 Å². The molecule has 8 heteroatoms. The summed E-state index contributed by atoms with van der Waals surface area (Å²) in [5, 5.41) is 4.21. The van der Waals surface area contributed by atoms with Crippen LogP contribution in [0.4, 0.5) is 10.5 Å². The van der Waals surface area contributed by atoms with Gasteiger partial charge in [-0.25, -0.2) is 10.2 Å². The topological polar surface area (TPSA) is 96.5 Å². The summed E-state index contributed by atoms with van der Waals surface area (Å²) in [5.41, 5.74) is 12.0. The lowest BCUT2D eigenvalue weighted by molar-refractivity contribution is -0.118. The highest BCUT2D eigenvalue weighted by molar-refractivity contribution is 5.90. The molecule has 1 saturated heterocycles. The fourth-order valence-electron chi connectivity index (χ4n) is 3.70. The first-order valence-electron chi connectivity index (χ1n) is 9.29. The van der Waals surface area contributed by atoms with Gasteiger partial charge in [-0.3, -0.25) is 4.79 Å². The zero-order chi connectivity index (χ0) is 19.0. The number of anilines is 1. The first-order chi connectivity index (χ1) is 13.0. The van der Waals surface area contributed by atoms with E-state index in [1.54, 1.807) is 6.20 Å². The van der Waals surface area contributed by atoms with E-state index in [4.69, 9.17) is 5.73 Å². The van der Waals surface area contributed by atoms with Crippen molar-refractivity contribution in [1.29, 1.82) is 0 Å². The smallest absolute Gasteiger partial charge is 0.315 e. The summed E-state index contributed by atoms with van der Waals surface area (Å²) in [4.78, 5) is 29.4. The Kier molecular flexibility index (Phi) is 4.47. The molecular weight excluding hydrogens is 344 g/mol. The van der Waals surface area contributed by atoms with Crippen LogP contribution in [-0.4, -0.2) is 39.8 Å². The third-order valence-electron chi connectivity index (χ3n) is 5.44. The van der Waals surface area contributed by atoms with Gasteiger partial charge in [0.2, 0.25) is 5.91 Å². The van der Waals surface area contributed by atoms with E-state index in [2.05, 4.69) is 27.6 Å². The summed E-state index contributed by atoms with van der Waals surface area (Å²) in [6.45, 7) is 4.85. The zero-order valence-corrected chi connectivity index (χ0v) is 15.4. The predicted molar refractivity (Wildman–Crippen MR) is 102 cm³/mol. The van der Waals surface area contributed by atoms with Crippen molar-refractivity contribution in [3.63, 3.8) is 0 Å². The van der Waals surface area contributed by atoms with E-state index in [1.807, 2.05) is 19.1 Å². The SMILES string of the molecule is CC(C(=O)Nn1ncc2c1CN(C(N)=O)C2)c1ccc(N2CCCC2)cc1. The lowest BCUT2D eigenvalue weighted by Crippen LogP contribution is -2.33. The standard InChI is InChI=1S/C19H24N6O2/c1-13(14-4-6-16(7-5-14)23-8-2-3-9-23)18(26)22-25-17-12-24(19(20)27)11-15(17)10-21-25/h4-7,10,13H,2-3,8-9,11-12H2,1H3,(H2,20,27)(H,22,26). The Morgan fingerprint density at radius 2 is 1.85 bits per heavy atom. The lowest BCUT2D eigenvalue weighted by atomic mass is 10.0. The zero-order valence-electron chi connectivity index (χ0n) is 15.4. The first kappa shape index (κ1) is 17.4. The minimum absolute atomic E-state index is 0.146. The van der Waals surface area contributed by atoms with Crippen molar-refractivity contribution in [2.45, 2.75) is 38.8 Å². The summed E-state index contributed by atoms with van der Waals surface area (Å²) in [6, 6.07) is 7.72. The molecule has 2 aliphatic heterocycles. The summed E-state index contributed by atoms with van der Waals surface area (Å²) in [7, 11) is 0. The number of rotatable bonds is 4. The van der Waals surface area contributed by atoms with Gasteiger partial charge in [0.05, 0.1) is 30.9 Å². The summed E-state index contributed by atoms with van der Waals surface area (Å²) >= 11 is 0. The number of urea groups is 1. The van der Waals surface area contributed by atoms with Crippen LogP contribution in [0.15, 0.2) is 30.5 Å². The number of primary amides is 1. The van der Waals surface area contributed by atoms with Crippen LogP contribution in [0.1, 0.15) is 42.5 Å². The first-order valence-corrected chi connectivity index (χ1v) is 9.29. The van der Waals surface area contributed by atoms with Crippen LogP contribution in [0.3, 0.4) is 0 Å². The molecule has 0 radical (unpaired) electrons. The normalized spacial score (nSPS) is 17.1. The molecular formula is C19H24N6O2. The summed E-state index contributed by atoms with van der Waals surface area (Å²) in [5.74, 6) is -0.460. The van der Waals surface area contributed by atoms with Gasteiger partial charge in [0, 0.05) is 24.3 Å². The molecule has 2 aliphatic rings. The Labute approximate surface area is 157 Å². The number of nitrogens with zero attached hydrogens (tertiary/aromatic N) is 4. The van der Waals surface area contributed by atoms with Crippen LogP contribution in [0.2, 0.25) is 0 Å². The number of nitrogens with two attached hydrogens (primary N) is 1. The molecule has 3 N–H and O–H groups in total. The average molecular weight is 368 g/mol. The van der Waals surface area contributed by atoms with Gasteiger partial charge in [-0.05, 0) is 37.5 Å². The number of nitrogens with one attached hydrogen (secondary N) is 1. The Morgan fingerprint density at radius 1 is 1.15 bits per heavy atom. The molecule has 142 valence electrons. The maximum absolute atomic E-state index is 12.7. The lowest BCUT2D eigenvalue weighted by Gasteiger charge is -2.19. The highest BCUT2D eigenvalue weighted by Crippen LogP contribution is 2.25. The van der Waals surface area contributed by atoms with Crippen LogP contribution in [0, 0.1) is 0 Å². The fourth-order valence-corrected chi connectivity index (χ4v) is 3.70. The van der Waals surface area contributed by atoms with Crippen LogP contribution < -0.4 is 16.1 Å². The van der Waals surface area contributed by atoms with Gasteiger partial charge in [-0.15, -0.1) is 0 Å². The van der Waals surface area contributed by atoms with Crippen molar-refractivity contribution >= 4 is 17.6 Å². The molecule has 0 saturated carbocycles. The van der Waals surface area contributed by atoms with E-state index in [9.17, 15) is 9.59 Å². The van der Waals surface area contributed by atoms with E-state index in [-0.39, 0.29) is 11.8 Å². The van der Waals surface area contributed by atoms with Crippen molar-refractivity contribution < 1.29 is 9.59 Å². The molecule has 1 aromatic carbocycles. The summed E-state index contributed by atoms with van der Waals surface area (Å²) in [6.07, 6.45) is 4.14. The van der Waals surface area contributed by atoms with Crippen LogP contribution in [-0.2, 0) is 17.9 Å². The van der Waals surface area contributed by atoms with Crippen molar-refractivity contribution in [2.75, 3.05) is 23.4 Å². The minimum atomic E-state index is -0.476. The number of amides is 3. The molecule has 0 spiro atoms. The number of hydrogen-bond acceptors (Lipinski definition) is 4. The van der Waals surface area contributed by atoms with Crippen molar-refractivity contribution in [2.24, 2.45) is 5.73 Å². The molecule has 0 aliphatic carbocycles. The summed E-state index contributed by atoms with van der Waals surface area (Å²) < 4.78 is 0. The second-order valence-electron chi connectivity index (χ2n) is 7.21. The van der Waals surface area contributed by atoms with Crippen molar-refractivity contribution in [1.82, 2.24) is 14.8 Å². The monoisotopic (exact) mass is 368 g/mol. The van der Waals surface area contributed by atoms with Crippen molar-refractivity contribution in [3.8, 4) is 0 Å². The molecule has 0 bridgehead atoms. The highest BCUT2D eigenvalue weighted by Gasteiger charge is 2.27. The maximum Gasteiger partial charge on any atom is 0.315 e. The Bertz CT molecular complexity index is 854. The Morgan fingerprint density at radius 3 is 2.52 bits per heavy atom. The maximum atomic E-state index is 12.7. The van der Waals surface area contributed by atoms with Gasteiger partial charge in [-0.1, -0.05) is 12.1 Å². The van der Waals surface area contributed by atoms with E-state index in [0.29, 0.717) is 13.1 Å². The van der Waals surface area contributed by atoms with Gasteiger partial charge in [0.25, 0.3) is 0 Å². The van der Waals surface area contributed by atoms with Crippen LogP contribution in [0.25, 0.3) is 0 Å². The van der Waals surface area contributed by atoms with Gasteiger partial charge < -0.3 is 15.5 Å². The molecule has 1 unspecified atom stereocenters. The molecule has 3 heterocycles. The average Bonchev–Trinajstić information content (AvgIpc) is 3.39. The Balaban J connectivity index is 1.42. The molecule has 1 fully saturated rings. The molecule has 1 atom stereocenters. The molecule has 27 heavy (non-hydrogen) atoms. The second kappa shape index (κ2) is 6.94. The van der Waals surface area contributed by atoms with Gasteiger partial charge in [-0.2, -0.15) is 9.89 Å². The number of carbonyl (C=O) groups excluding carboxylic acids is 2. The number of hydrogen-bond donors (Lipinski definition) is 2. The van der Waals surface area contributed by atoms with Crippen molar-refractivity contribution in [3.05, 3.63) is 47.3 Å². The third kappa shape index (κ3) is 3.34. The van der Waals surface area contributed by atoms with E-state index in [0.717, 1.165) is 29.9 Å². The quantitative estimate of drug-likeness (QED) is 0.859. The molecule has 4 rings (SSSR count). The minimum Gasteiger partial charge on any atom is -0.372 e. The van der Waals surface area contributed by atoms with E-state index < -0.39 is 6.03 Å². The van der Waals surface area contributed by atoms with E-state index in [1.165, 1.54) is 28.2 Å².